The number of hydrogen-bond acceptors (Lipinski definition) is 3. The number of ether oxygens (including phenoxy) is 2. The lowest BCUT2D eigenvalue weighted by Crippen LogP contribution is -2.10. The third kappa shape index (κ3) is 2.67. The molecule has 2 rings (SSSR count). The predicted molar refractivity (Wildman–Crippen MR) is 62.5 cm³/mol. The quantitative estimate of drug-likeness (QED) is 0.602. The highest BCUT2D eigenvalue weighted by Gasteiger charge is 2.26. The van der Waals surface area contributed by atoms with Gasteiger partial charge in [-0.3, -0.25) is 0 Å². The van der Waals surface area contributed by atoms with Crippen LogP contribution in [0.3, 0.4) is 0 Å². The molecule has 1 aromatic carbocycles. The third-order valence-electron chi connectivity index (χ3n) is 2.31. The summed E-state index contributed by atoms with van der Waals surface area (Å²) in [5, 5.41) is 0. The molecule has 2 unspecified atom stereocenters. The molecule has 15 heavy (non-hydrogen) atoms. The second-order valence-electron chi connectivity index (χ2n) is 3.35. The molecule has 0 radical (unpaired) electrons. The van der Waals surface area contributed by atoms with Crippen molar-refractivity contribution in [2.75, 3.05) is 18.7 Å². The van der Waals surface area contributed by atoms with Crippen molar-refractivity contribution in [2.24, 2.45) is 0 Å². The van der Waals surface area contributed by atoms with Crippen molar-refractivity contribution in [3.63, 3.8) is 0 Å². The number of hydrogen-bond donors (Lipinski definition) is 0. The second-order valence-corrected chi connectivity index (χ2v) is 4.54. The largest absolute Gasteiger partial charge is 0.346 e. The molecule has 0 saturated carbocycles. The van der Waals surface area contributed by atoms with Crippen molar-refractivity contribution in [1.82, 2.24) is 0 Å². The zero-order valence-electron chi connectivity index (χ0n) is 8.48. The Labute approximate surface area is 98.9 Å². The van der Waals surface area contributed by atoms with Gasteiger partial charge in [-0.15, -0.1) is 23.4 Å². The van der Waals surface area contributed by atoms with Crippen molar-refractivity contribution in [2.45, 2.75) is 17.3 Å². The highest BCUT2D eigenvalue weighted by atomic mass is 35.5. The van der Waals surface area contributed by atoms with E-state index in [0.29, 0.717) is 12.5 Å². The Hall–Kier alpha value is -0.220. The van der Waals surface area contributed by atoms with Gasteiger partial charge in [0, 0.05) is 10.5 Å². The van der Waals surface area contributed by atoms with Gasteiger partial charge in [-0.05, 0) is 18.4 Å². The van der Waals surface area contributed by atoms with Crippen LogP contribution in [-0.4, -0.2) is 24.8 Å². The molecule has 1 heterocycles. The average molecular weight is 245 g/mol. The van der Waals surface area contributed by atoms with Crippen LogP contribution in [0.2, 0.25) is 0 Å². The summed E-state index contributed by atoms with van der Waals surface area (Å²) in [6.07, 6.45) is 1.84. The number of alkyl halides is 1. The van der Waals surface area contributed by atoms with Crippen molar-refractivity contribution in [3.8, 4) is 0 Å². The van der Waals surface area contributed by atoms with Crippen LogP contribution < -0.4 is 0 Å². The van der Waals surface area contributed by atoms with Crippen LogP contribution in [0, 0.1) is 0 Å². The summed E-state index contributed by atoms with van der Waals surface area (Å²) < 4.78 is 11.1. The van der Waals surface area contributed by atoms with Crippen LogP contribution in [-0.2, 0) is 9.47 Å². The minimum atomic E-state index is -0.246. The summed E-state index contributed by atoms with van der Waals surface area (Å²) in [5.41, 5.74) is 1.06. The molecule has 0 amide bonds. The monoisotopic (exact) mass is 244 g/mol. The van der Waals surface area contributed by atoms with Gasteiger partial charge < -0.3 is 9.47 Å². The fraction of sp³-hybridized carbons (Fsp3) is 0.455. The van der Waals surface area contributed by atoms with Gasteiger partial charge in [0.25, 0.3) is 0 Å². The van der Waals surface area contributed by atoms with Crippen LogP contribution in [0.4, 0.5) is 0 Å². The molecular weight excluding hydrogens is 232 g/mol. The summed E-state index contributed by atoms with van der Waals surface area (Å²) in [6.45, 7) is 0.582. The topological polar surface area (TPSA) is 18.5 Å². The summed E-state index contributed by atoms with van der Waals surface area (Å²) >= 11 is 7.42. The standard InChI is InChI=1S/C11H13ClO2S/c1-15-10-4-2-8(3-5-10)11-13-7-9(6-12)14-11/h2-5,9,11H,6-7H2,1H3. The fourth-order valence-electron chi connectivity index (χ4n) is 1.46. The molecule has 1 aliphatic rings. The molecule has 0 bridgehead atoms. The first-order chi connectivity index (χ1) is 7.33. The Morgan fingerprint density at radius 3 is 2.67 bits per heavy atom. The molecule has 0 aromatic heterocycles. The number of rotatable bonds is 3. The molecule has 1 saturated heterocycles. The van der Waals surface area contributed by atoms with Crippen molar-refractivity contribution < 1.29 is 9.47 Å². The predicted octanol–water partition coefficient (Wildman–Crippen LogP) is 3.06. The van der Waals surface area contributed by atoms with Gasteiger partial charge in [-0.25, -0.2) is 0 Å². The molecule has 2 nitrogen and oxygen atoms in total. The Bertz CT molecular complexity index is 315. The average Bonchev–Trinajstić information content (AvgIpc) is 2.78. The SMILES string of the molecule is CSc1ccc(C2OCC(CCl)O2)cc1. The Kier molecular flexibility index (Phi) is 3.92. The normalized spacial score (nSPS) is 25.7. The van der Waals surface area contributed by atoms with E-state index in [-0.39, 0.29) is 12.4 Å². The summed E-state index contributed by atoms with van der Waals surface area (Å²) in [7, 11) is 0. The molecule has 1 fully saturated rings. The van der Waals surface area contributed by atoms with Gasteiger partial charge in [0.05, 0.1) is 18.6 Å². The molecule has 0 N–H and O–H groups in total. The lowest BCUT2D eigenvalue weighted by Gasteiger charge is -2.10. The Morgan fingerprint density at radius 1 is 1.40 bits per heavy atom. The summed E-state index contributed by atoms with van der Waals surface area (Å²) in [4.78, 5) is 1.24. The van der Waals surface area contributed by atoms with E-state index < -0.39 is 0 Å². The lowest BCUT2D eigenvalue weighted by atomic mass is 10.2. The van der Waals surface area contributed by atoms with E-state index in [1.807, 2.05) is 12.1 Å². The molecule has 1 aliphatic heterocycles. The maximum atomic E-state index is 5.70. The van der Waals surface area contributed by atoms with Gasteiger partial charge in [0.1, 0.15) is 0 Å². The zero-order chi connectivity index (χ0) is 10.7. The Morgan fingerprint density at radius 2 is 2.13 bits per heavy atom. The fourth-order valence-corrected chi connectivity index (χ4v) is 2.03. The van der Waals surface area contributed by atoms with Crippen LogP contribution in [0.15, 0.2) is 29.2 Å². The van der Waals surface area contributed by atoms with Crippen LogP contribution >= 0.6 is 23.4 Å². The van der Waals surface area contributed by atoms with Gasteiger partial charge in [-0.2, -0.15) is 0 Å². The summed E-state index contributed by atoms with van der Waals surface area (Å²) in [6, 6.07) is 8.21. The molecule has 2 atom stereocenters. The number of benzene rings is 1. The molecule has 4 heteroatoms. The Balaban J connectivity index is 2.04. The van der Waals surface area contributed by atoms with Crippen LogP contribution in [0.1, 0.15) is 11.9 Å². The van der Waals surface area contributed by atoms with Gasteiger partial charge in [0.15, 0.2) is 6.29 Å². The third-order valence-corrected chi connectivity index (χ3v) is 3.40. The second kappa shape index (κ2) is 5.21. The highest BCUT2D eigenvalue weighted by Crippen LogP contribution is 2.28. The minimum Gasteiger partial charge on any atom is -0.346 e. The van der Waals surface area contributed by atoms with E-state index in [4.69, 9.17) is 21.1 Å². The van der Waals surface area contributed by atoms with E-state index in [0.717, 1.165) is 5.56 Å². The first kappa shape index (κ1) is 11.3. The van der Waals surface area contributed by atoms with Crippen molar-refractivity contribution >= 4 is 23.4 Å². The van der Waals surface area contributed by atoms with Gasteiger partial charge >= 0.3 is 0 Å². The van der Waals surface area contributed by atoms with Gasteiger partial charge in [-0.1, -0.05) is 12.1 Å². The molecule has 82 valence electrons. The molecule has 0 aliphatic carbocycles. The van der Waals surface area contributed by atoms with E-state index >= 15 is 0 Å². The molecule has 0 spiro atoms. The first-order valence-electron chi connectivity index (χ1n) is 4.80. The van der Waals surface area contributed by atoms with Crippen LogP contribution in [0.5, 0.6) is 0 Å². The van der Waals surface area contributed by atoms with E-state index in [2.05, 4.69) is 18.4 Å². The zero-order valence-corrected chi connectivity index (χ0v) is 10.1. The van der Waals surface area contributed by atoms with E-state index in [1.54, 1.807) is 11.8 Å². The highest BCUT2D eigenvalue weighted by molar-refractivity contribution is 7.98. The lowest BCUT2D eigenvalue weighted by molar-refractivity contribution is -0.0567. The maximum absolute atomic E-state index is 5.70. The first-order valence-corrected chi connectivity index (χ1v) is 6.56. The smallest absolute Gasteiger partial charge is 0.184 e. The van der Waals surface area contributed by atoms with Crippen LogP contribution in [0.25, 0.3) is 0 Å². The number of halogens is 1. The van der Waals surface area contributed by atoms with Crippen molar-refractivity contribution in [1.29, 1.82) is 0 Å². The maximum Gasteiger partial charge on any atom is 0.184 e. The number of thioether (sulfide) groups is 1. The molecule has 1 aromatic rings. The summed E-state index contributed by atoms with van der Waals surface area (Å²) in [5.74, 6) is 0.486. The van der Waals surface area contributed by atoms with Gasteiger partial charge in [0.2, 0.25) is 0 Å². The van der Waals surface area contributed by atoms with E-state index in [9.17, 15) is 0 Å². The minimum absolute atomic E-state index is 0.0249. The van der Waals surface area contributed by atoms with Crippen molar-refractivity contribution in [3.05, 3.63) is 29.8 Å². The van der Waals surface area contributed by atoms with E-state index in [1.165, 1.54) is 4.90 Å². The molecular formula is C11H13ClO2S.